The average molecular weight is 256 g/mol. The van der Waals surface area contributed by atoms with E-state index in [-0.39, 0.29) is 6.04 Å². The second kappa shape index (κ2) is 6.02. The molecule has 1 saturated heterocycles. The van der Waals surface area contributed by atoms with E-state index in [0.717, 1.165) is 6.54 Å². The van der Waals surface area contributed by atoms with Gasteiger partial charge in [0.15, 0.2) is 0 Å². The lowest BCUT2D eigenvalue weighted by molar-refractivity contribution is -0.145. The molecule has 0 aromatic heterocycles. The second-order valence-electron chi connectivity index (χ2n) is 6.17. The molecule has 0 aliphatic carbocycles. The van der Waals surface area contributed by atoms with Crippen LogP contribution in [-0.4, -0.2) is 47.2 Å². The summed E-state index contributed by atoms with van der Waals surface area (Å²) >= 11 is 0. The standard InChI is InChI=1S/C14H28N2O2/c1-10-6-7-11(2)16(9-10)12(3)8-14(4,15-5)13(17)18/h10-12,15H,6-9H2,1-5H3,(H,17,18). The van der Waals surface area contributed by atoms with Gasteiger partial charge in [-0.2, -0.15) is 0 Å². The van der Waals surface area contributed by atoms with Crippen LogP contribution in [0.1, 0.15) is 47.0 Å². The molecule has 0 aromatic carbocycles. The molecule has 0 spiro atoms. The highest BCUT2D eigenvalue weighted by atomic mass is 16.4. The Bertz CT molecular complexity index is 296. The Kier molecular flexibility index (Phi) is 5.17. The van der Waals surface area contributed by atoms with Crippen molar-refractivity contribution in [1.82, 2.24) is 10.2 Å². The molecule has 4 atom stereocenters. The van der Waals surface area contributed by atoms with Crippen LogP contribution in [-0.2, 0) is 4.79 Å². The van der Waals surface area contributed by atoms with Crippen molar-refractivity contribution in [3.05, 3.63) is 0 Å². The third kappa shape index (κ3) is 3.45. The molecule has 2 N–H and O–H groups in total. The van der Waals surface area contributed by atoms with E-state index in [1.54, 1.807) is 14.0 Å². The van der Waals surface area contributed by atoms with E-state index in [1.807, 2.05) is 0 Å². The molecule has 1 rings (SSSR count). The zero-order valence-electron chi connectivity index (χ0n) is 12.4. The van der Waals surface area contributed by atoms with Gasteiger partial charge in [0.05, 0.1) is 0 Å². The summed E-state index contributed by atoms with van der Waals surface area (Å²) in [5.74, 6) is -0.0520. The van der Waals surface area contributed by atoms with Gasteiger partial charge < -0.3 is 10.4 Å². The molecule has 1 aliphatic heterocycles. The molecule has 106 valence electrons. The van der Waals surface area contributed by atoms with E-state index in [4.69, 9.17) is 0 Å². The van der Waals surface area contributed by atoms with Gasteiger partial charge >= 0.3 is 5.97 Å². The maximum Gasteiger partial charge on any atom is 0.323 e. The number of carboxylic acids is 1. The zero-order valence-corrected chi connectivity index (χ0v) is 12.4. The number of likely N-dealkylation sites (N-methyl/N-ethyl adjacent to an activating group) is 1. The van der Waals surface area contributed by atoms with Crippen molar-refractivity contribution in [2.45, 2.75) is 64.6 Å². The Hall–Kier alpha value is -0.610. The largest absolute Gasteiger partial charge is 0.480 e. The highest BCUT2D eigenvalue weighted by molar-refractivity contribution is 5.78. The first-order valence-electron chi connectivity index (χ1n) is 6.98. The van der Waals surface area contributed by atoms with Crippen molar-refractivity contribution >= 4 is 5.97 Å². The first-order valence-corrected chi connectivity index (χ1v) is 6.98. The highest BCUT2D eigenvalue weighted by Crippen LogP contribution is 2.26. The minimum absolute atomic E-state index is 0.288. The number of carboxylic acid groups (broad SMARTS) is 1. The van der Waals surface area contributed by atoms with Gasteiger partial charge in [-0.15, -0.1) is 0 Å². The molecule has 0 bridgehead atoms. The van der Waals surface area contributed by atoms with Crippen LogP contribution in [0.15, 0.2) is 0 Å². The number of carbonyl (C=O) groups is 1. The van der Waals surface area contributed by atoms with Crippen molar-refractivity contribution in [3.63, 3.8) is 0 Å². The number of likely N-dealkylation sites (tertiary alicyclic amines) is 1. The van der Waals surface area contributed by atoms with Crippen molar-refractivity contribution in [2.24, 2.45) is 5.92 Å². The van der Waals surface area contributed by atoms with E-state index >= 15 is 0 Å². The number of piperidine rings is 1. The normalized spacial score (nSPS) is 30.7. The predicted octanol–water partition coefficient (Wildman–Crippen LogP) is 1.95. The summed E-state index contributed by atoms with van der Waals surface area (Å²) in [6.45, 7) is 9.53. The molecule has 0 aromatic rings. The van der Waals surface area contributed by atoms with Gasteiger partial charge in [0.2, 0.25) is 0 Å². The maximum absolute atomic E-state index is 11.3. The van der Waals surface area contributed by atoms with Crippen LogP contribution in [0.25, 0.3) is 0 Å². The number of hydrogen-bond acceptors (Lipinski definition) is 3. The SMILES string of the molecule is CNC(C)(CC(C)N1CC(C)CCC1C)C(=O)O. The quantitative estimate of drug-likeness (QED) is 0.789. The molecular formula is C14H28N2O2. The van der Waals surface area contributed by atoms with Crippen LogP contribution in [0.2, 0.25) is 0 Å². The molecule has 18 heavy (non-hydrogen) atoms. The summed E-state index contributed by atoms with van der Waals surface area (Å²) in [4.78, 5) is 13.8. The highest BCUT2D eigenvalue weighted by Gasteiger charge is 2.36. The van der Waals surface area contributed by atoms with Gasteiger partial charge in [-0.05, 0) is 53.0 Å². The van der Waals surface area contributed by atoms with Crippen LogP contribution in [0.4, 0.5) is 0 Å². The summed E-state index contributed by atoms with van der Waals surface area (Å²) in [6.07, 6.45) is 3.14. The van der Waals surface area contributed by atoms with Crippen LogP contribution in [0, 0.1) is 5.92 Å². The Morgan fingerprint density at radius 1 is 1.50 bits per heavy atom. The van der Waals surface area contributed by atoms with E-state index in [0.29, 0.717) is 18.4 Å². The van der Waals surface area contributed by atoms with E-state index in [9.17, 15) is 9.90 Å². The Labute approximate surface area is 111 Å². The molecule has 0 amide bonds. The Morgan fingerprint density at radius 3 is 2.61 bits per heavy atom. The van der Waals surface area contributed by atoms with Gasteiger partial charge in [0.25, 0.3) is 0 Å². The summed E-state index contributed by atoms with van der Waals surface area (Å²) in [5, 5.41) is 12.3. The van der Waals surface area contributed by atoms with Crippen LogP contribution in [0.5, 0.6) is 0 Å². The zero-order chi connectivity index (χ0) is 13.9. The number of nitrogens with one attached hydrogen (secondary N) is 1. The predicted molar refractivity (Wildman–Crippen MR) is 73.7 cm³/mol. The lowest BCUT2D eigenvalue weighted by Crippen LogP contribution is -2.54. The molecule has 4 nitrogen and oxygen atoms in total. The third-order valence-corrected chi connectivity index (χ3v) is 4.46. The van der Waals surface area contributed by atoms with Crippen molar-refractivity contribution in [3.8, 4) is 0 Å². The number of aliphatic carboxylic acids is 1. The Morgan fingerprint density at radius 2 is 2.11 bits per heavy atom. The minimum atomic E-state index is -0.834. The first-order chi connectivity index (χ1) is 8.30. The molecular weight excluding hydrogens is 228 g/mol. The van der Waals surface area contributed by atoms with Crippen LogP contribution < -0.4 is 5.32 Å². The minimum Gasteiger partial charge on any atom is -0.480 e. The summed E-state index contributed by atoms with van der Waals surface area (Å²) in [5.41, 5.74) is -0.834. The fourth-order valence-electron chi connectivity index (χ4n) is 2.94. The monoisotopic (exact) mass is 256 g/mol. The molecule has 0 saturated carbocycles. The first kappa shape index (κ1) is 15.4. The van der Waals surface area contributed by atoms with Gasteiger partial charge in [-0.25, -0.2) is 0 Å². The van der Waals surface area contributed by atoms with Crippen LogP contribution >= 0.6 is 0 Å². The Balaban J connectivity index is 2.68. The van der Waals surface area contributed by atoms with E-state index < -0.39 is 11.5 Å². The summed E-state index contributed by atoms with van der Waals surface area (Å²) in [6, 6.07) is 0.849. The molecule has 1 aliphatic rings. The molecule has 1 heterocycles. The average Bonchev–Trinajstić information content (AvgIpc) is 2.31. The summed E-state index contributed by atoms with van der Waals surface area (Å²) < 4.78 is 0. The molecule has 1 fully saturated rings. The fourth-order valence-corrected chi connectivity index (χ4v) is 2.94. The van der Waals surface area contributed by atoms with Gasteiger partial charge in [0.1, 0.15) is 5.54 Å². The lowest BCUT2D eigenvalue weighted by Gasteiger charge is -2.43. The fraction of sp³-hybridized carbons (Fsp3) is 0.929. The van der Waals surface area contributed by atoms with Crippen molar-refractivity contribution in [1.29, 1.82) is 0 Å². The van der Waals surface area contributed by atoms with E-state index in [1.165, 1.54) is 12.8 Å². The van der Waals surface area contributed by atoms with Gasteiger partial charge in [0, 0.05) is 18.6 Å². The number of nitrogens with zero attached hydrogens (tertiary/aromatic N) is 1. The molecule has 4 unspecified atom stereocenters. The topological polar surface area (TPSA) is 52.6 Å². The number of hydrogen-bond donors (Lipinski definition) is 2. The van der Waals surface area contributed by atoms with Crippen molar-refractivity contribution < 1.29 is 9.90 Å². The molecule has 4 heteroatoms. The number of rotatable bonds is 5. The van der Waals surface area contributed by atoms with Gasteiger partial charge in [-0.1, -0.05) is 6.92 Å². The summed E-state index contributed by atoms with van der Waals surface area (Å²) in [7, 11) is 1.73. The lowest BCUT2D eigenvalue weighted by atomic mass is 9.88. The van der Waals surface area contributed by atoms with Gasteiger partial charge in [-0.3, -0.25) is 9.69 Å². The van der Waals surface area contributed by atoms with Crippen molar-refractivity contribution in [2.75, 3.05) is 13.6 Å². The molecule has 0 radical (unpaired) electrons. The second-order valence-corrected chi connectivity index (χ2v) is 6.17. The van der Waals surface area contributed by atoms with Crippen LogP contribution in [0.3, 0.4) is 0 Å². The third-order valence-electron chi connectivity index (χ3n) is 4.46. The maximum atomic E-state index is 11.3. The smallest absolute Gasteiger partial charge is 0.323 e. The van der Waals surface area contributed by atoms with E-state index in [2.05, 4.69) is 31.0 Å².